The molecule has 1 nitrogen and oxygen atoms in total. The number of nitrogens with one attached hydrogen (secondary N) is 1. The summed E-state index contributed by atoms with van der Waals surface area (Å²) in [6.45, 7) is 3.41. The average molecular weight is 314 g/mol. The van der Waals surface area contributed by atoms with Gasteiger partial charge in [0, 0.05) is 10.0 Å². The van der Waals surface area contributed by atoms with Gasteiger partial charge in [0.15, 0.2) is 0 Å². The van der Waals surface area contributed by atoms with Crippen molar-refractivity contribution in [3.8, 4) is 0 Å². The molecule has 1 aliphatic carbocycles. The van der Waals surface area contributed by atoms with Crippen LogP contribution in [0.2, 0.25) is 10.0 Å². The molecule has 2 rings (SSSR count). The SMILES string of the molecule is CCC1CCC(CNC)C(Cc2c(Cl)cccc2Cl)C1. The summed E-state index contributed by atoms with van der Waals surface area (Å²) in [5.41, 5.74) is 1.14. The van der Waals surface area contributed by atoms with Crippen molar-refractivity contribution < 1.29 is 0 Å². The number of hydrogen-bond donors (Lipinski definition) is 1. The van der Waals surface area contributed by atoms with E-state index in [2.05, 4.69) is 12.2 Å². The second-order valence-corrected chi connectivity index (χ2v) is 6.88. The Morgan fingerprint density at radius 3 is 2.45 bits per heavy atom. The zero-order valence-corrected chi connectivity index (χ0v) is 14.0. The minimum atomic E-state index is 0.693. The van der Waals surface area contributed by atoms with Crippen LogP contribution in [-0.4, -0.2) is 13.6 Å². The third-order valence-corrected chi connectivity index (χ3v) is 5.53. The first-order valence-corrected chi connectivity index (χ1v) is 8.48. The fourth-order valence-electron chi connectivity index (χ4n) is 3.57. The number of hydrogen-bond acceptors (Lipinski definition) is 1. The molecule has 0 heterocycles. The number of rotatable bonds is 5. The van der Waals surface area contributed by atoms with E-state index in [9.17, 15) is 0 Å². The molecule has 1 aromatic carbocycles. The smallest absolute Gasteiger partial charge is 0.0452 e. The van der Waals surface area contributed by atoms with Gasteiger partial charge in [0.1, 0.15) is 0 Å². The van der Waals surface area contributed by atoms with Crippen LogP contribution >= 0.6 is 23.2 Å². The summed E-state index contributed by atoms with van der Waals surface area (Å²) < 4.78 is 0. The molecule has 112 valence electrons. The summed E-state index contributed by atoms with van der Waals surface area (Å²) in [6, 6.07) is 5.83. The average Bonchev–Trinajstić information content (AvgIpc) is 2.45. The summed E-state index contributed by atoms with van der Waals surface area (Å²) in [5.74, 6) is 2.31. The van der Waals surface area contributed by atoms with Gasteiger partial charge in [-0.25, -0.2) is 0 Å². The molecule has 0 spiro atoms. The van der Waals surface area contributed by atoms with Crippen LogP contribution in [0.5, 0.6) is 0 Å². The van der Waals surface area contributed by atoms with Crippen molar-refractivity contribution in [2.75, 3.05) is 13.6 Å². The predicted molar refractivity (Wildman–Crippen MR) is 88.7 cm³/mol. The largest absolute Gasteiger partial charge is 0.319 e. The molecule has 3 atom stereocenters. The third kappa shape index (κ3) is 3.90. The number of benzene rings is 1. The van der Waals surface area contributed by atoms with Gasteiger partial charge in [0.25, 0.3) is 0 Å². The van der Waals surface area contributed by atoms with Gasteiger partial charge in [-0.15, -0.1) is 0 Å². The Bertz CT molecular complexity index is 413. The minimum Gasteiger partial charge on any atom is -0.319 e. The van der Waals surface area contributed by atoms with Crippen LogP contribution in [0.4, 0.5) is 0 Å². The maximum absolute atomic E-state index is 6.34. The lowest BCUT2D eigenvalue weighted by Crippen LogP contribution is -2.33. The second-order valence-electron chi connectivity index (χ2n) is 6.07. The molecular weight excluding hydrogens is 289 g/mol. The fourth-order valence-corrected chi connectivity index (χ4v) is 4.12. The topological polar surface area (TPSA) is 12.0 Å². The van der Waals surface area contributed by atoms with E-state index >= 15 is 0 Å². The van der Waals surface area contributed by atoms with Gasteiger partial charge in [-0.05, 0) is 68.3 Å². The summed E-state index contributed by atoms with van der Waals surface area (Å²) in [7, 11) is 2.05. The summed E-state index contributed by atoms with van der Waals surface area (Å²) in [6.07, 6.45) is 6.31. The van der Waals surface area contributed by atoms with E-state index in [1.165, 1.54) is 25.7 Å². The Balaban J connectivity index is 2.14. The Morgan fingerprint density at radius 2 is 1.85 bits per heavy atom. The maximum atomic E-state index is 6.34. The highest BCUT2D eigenvalue weighted by Gasteiger charge is 2.30. The Labute approximate surface area is 133 Å². The highest BCUT2D eigenvalue weighted by molar-refractivity contribution is 6.35. The molecule has 0 bridgehead atoms. The first-order valence-electron chi connectivity index (χ1n) is 7.73. The standard InChI is InChI=1S/C17H25Cl2N/c1-3-12-7-8-13(11-20-2)14(9-12)10-15-16(18)5-4-6-17(15)19/h4-6,12-14,20H,3,7-11H2,1-2H3. The van der Waals surface area contributed by atoms with Crippen LogP contribution in [-0.2, 0) is 6.42 Å². The Kier molecular flexibility index (Phi) is 6.20. The van der Waals surface area contributed by atoms with E-state index in [1.54, 1.807) is 0 Å². The van der Waals surface area contributed by atoms with Gasteiger partial charge < -0.3 is 5.32 Å². The third-order valence-electron chi connectivity index (χ3n) is 4.82. The van der Waals surface area contributed by atoms with E-state index in [4.69, 9.17) is 23.2 Å². The zero-order valence-electron chi connectivity index (χ0n) is 12.5. The van der Waals surface area contributed by atoms with E-state index in [1.807, 2.05) is 25.2 Å². The van der Waals surface area contributed by atoms with E-state index in [0.29, 0.717) is 5.92 Å². The minimum absolute atomic E-state index is 0.693. The normalized spacial score (nSPS) is 26.7. The molecule has 0 aromatic heterocycles. The highest BCUT2D eigenvalue weighted by Crippen LogP contribution is 2.39. The molecule has 1 aromatic rings. The van der Waals surface area contributed by atoms with Crippen LogP contribution in [0.1, 0.15) is 38.2 Å². The van der Waals surface area contributed by atoms with Gasteiger partial charge in [-0.2, -0.15) is 0 Å². The van der Waals surface area contributed by atoms with Crippen LogP contribution in [0.15, 0.2) is 18.2 Å². The fraction of sp³-hybridized carbons (Fsp3) is 0.647. The molecule has 1 aliphatic rings. The summed E-state index contributed by atoms with van der Waals surface area (Å²) in [4.78, 5) is 0. The molecule has 3 heteroatoms. The first kappa shape index (κ1) is 16.1. The first-order chi connectivity index (χ1) is 9.65. The Morgan fingerprint density at radius 1 is 1.15 bits per heavy atom. The lowest BCUT2D eigenvalue weighted by atomic mass is 9.71. The molecule has 1 N–H and O–H groups in total. The van der Waals surface area contributed by atoms with Gasteiger partial charge in [0.05, 0.1) is 0 Å². The van der Waals surface area contributed by atoms with Crippen molar-refractivity contribution in [3.63, 3.8) is 0 Å². The Hall–Kier alpha value is -0.240. The lowest BCUT2D eigenvalue weighted by molar-refractivity contribution is 0.173. The molecule has 20 heavy (non-hydrogen) atoms. The van der Waals surface area contributed by atoms with Crippen molar-refractivity contribution in [2.24, 2.45) is 17.8 Å². The number of halogens is 2. The van der Waals surface area contributed by atoms with Crippen LogP contribution in [0.25, 0.3) is 0 Å². The molecule has 1 fully saturated rings. The van der Waals surface area contributed by atoms with Crippen LogP contribution in [0.3, 0.4) is 0 Å². The molecule has 0 saturated heterocycles. The van der Waals surface area contributed by atoms with E-state index in [-0.39, 0.29) is 0 Å². The monoisotopic (exact) mass is 313 g/mol. The molecular formula is C17H25Cl2N. The van der Waals surface area contributed by atoms with Crippen molar-refractivity contribution in [2.45, 2.75) is 39.0 Å². The van der Waals surface area contributed by atoms with Crippen LogP contribution < -0.4 is 5.32 Å². The molecule has 0 radical (unpaired) electrons. The summed E-state index contributed by atoms with van der Waals surface area (Å²) in [5, 5.41) is 4.99. The van der Waals surface area contributed by atoms with Crippen molar-refractivity contribution in [3.05, 3.63) is 33.8 Å². The molecule has 1 saturated carbocycles. The highest BCUT2D eigenvalue weighted by atomic mass is 35.5. The lowest BCUT2D eigenvalue weighted by Gasteiger charge is -2.36. The van der Waals surface area contributed by atoms with Crippen LogP contribution in [0, 0.1) is 17.8 Å². The molecule has 0 aliphatic heterocycles. The molecule has 0 amide bonds. The zero-order chi connectivity index (χ0) is 14.5. The van der Waals surface area contributed by atoms with Gasteiger partial charge >= 0.3 is 0 Å². The van der Waals surface area contributed by atoms with Gasteiger partial charge in [-0.1, -0.05) is 49.0 Å². The van der Waals surface area contributed by atoms with Gasteiger partial charge in [0.2, 0.25) is 0 Å². The van der Waals surface area contributed by atoms with Crippen molar-refractivity contribution in [1.29, 1.82) is 0 Å². The predicted octanol–water partition coefficient (Wildman–Crippen LogP) is 5.20. The quantitative estimate of drug-likeness (QED) is 0.788. The summed E-state index contributed by atoms with van der Waals surface area (Å²) >= 11 is 12.7. The van der Waals surface area contributed by atoms with Gasteiger partial charge in [-0.3, -0.25) is 0 Å². The maximum Gasteiger partial charge on any atom is 0.0452 e. The van der Waals surface area contributed by atoms with E-state index in [0.717, 1.165) is 40.4 Å². The molecule has 3 unspecified atom stereocenters. The second kappa shape index (κ2) is 7.68. The van der Waals surface area contributed by atoms with Crippen molar-refractivity contribution in [1.82, 2.24) is 5.32 Å². The van der Waals surface area contributed by atoms with Crippen molar-refractivity contribution >= 4 is 23.2 Å². The van der Waals surface area contributed by atoms with E-state index < -0.39 is 0 Å².